The van der Waals surface area contributed by atoms with Crippen molar-refractivity contribution in [1.82, 2.24) is 0 Å². The number of rotatable bonds is 6. The third-order valence-corrected chi connectivity index (χ3v) is 8.48. The third kappa shape index (κ3) is 5.16. The summed E-state index contributed by atoms with van der Waals surface area (Å²) in [6.45, 7) is 2.14. The highest BCUT2D eigenvalue weighted by atomic mass is 15.1. The van der Waals surface area contributed by atoms with Crippen LogP contribution in [0.25, 0.3) is 40.5 Å². The Hall–Kier alpha value is -4.62. The van der Waals surface area contributed by atoms with Crippen LogP contribution in [0.2, 0.25) is 0 Å². The van der Waals surface area contributed by atoms with Crippen LogP contribution in [0, 0.1) is 6.92 Å². The number of allylic oxidation sites excluding steroid dienone is 1. The van der Waals surface area contributed by atoms with Crippen LogP contribution >= 0.6 is 0 Å². The van der Waals surface area contributed by atoms with E-state index in [0.717, 1.165) is 5.69 Å². The molecule has 0 saturated heterocycles. The Labute approximate surface area is 244 Å². The van der Waals surface area contributed by atoms with Gasteiger partial charge in [0.1, 0.15) is 0 Å². The molecule has 0 atom stereocenters. The van der Waals surface area contributed by atoms with Gasteiger partial charge in [-0.05, 0) is 96.3 Å². The van der Waals surface area contributed by atoms with Crippen molar-refractivity contribution in [1.29, 1.82) is 0 Å². The number of nitrogens with zero attached hydrogens (tertiary/aromatic N) is 1. The van der Waals surface area contributed by atoms with Gasteiger partial charge in [0.05, 0.1) is 5.69 Å². The first-order valence-electron chi connectivity index (χ1n) is 14.9. The van der Waals surface area contributed by atoms with Gasteiger partial charge in [-0.2, -0.15) is 0 Å². The highest BCUT2D eigenvalue weighted by molar-refractivity contribution is 6.09. The molecule has 0 N–H and O–H groups in total. The maximum atomic E-state index is 2.39. The van der Waals surface area contributed by atoms with E-state index >= 15 is 0 Å². The normalized spacial score (nSPS) is 13.8. The molecule has 5 aromatic rings. The standard InChI is InChI=1S/C40H35N/c1-29-14-24-34(25-15-29)41(39-13-7-12-38-36-10-5-6-11-37(36)40(38)39)35-26-22-31(23-27-35)17-16-30-18-20-33(21-19-30)28-32-8-3-2-4-9-32/h5-7,10-28H,2-4,8-9H2,1H3. The van der Waals surface area contributed by atoms with Gasteiger partial charge in [-0.25, -0.2) is 0 Å². The lowest BCUT2D eigenvalue weighted by Crippen LogP contribution is -2.13. The topological polar surface area (TPSA) is 3.24 Å². The Morgan fingerprint density at radius 1 is 0.512 bits per heavy atom. The Bertz CT molecular complexity index is 1730. The fourth-order valence-corrected chi connectivity index (χ4v) is 6.24. The average Bonchev–Trinajstić information content (AvgIpc) is 3.01. The molecule has 0 radical (unpaired) electrons. The molecule has 5 aromatic carbocycles. The van der Waals surface area contributed by atoms with Crippen LogP contribution in [0.4, 0.5) is 17.1 Å². The summed E-state index contributed by atoms with van der Waals surface area (Å²) < 4.78 is 0. The molecule has 2 aliphatic rings. The molecule has 0 aliphatic heterocycles. The molecule has 1 saturated carbocycles. The summed E-state index contributed by atoms with van der Waals surface area (Å²) in [4.78, 5) is 2.39. The Morgan fingerprint density at radius 2 is 1.07 bits per heavy atom. The van der Waals surface area contributed by atoms with Gasteiger partial charge in [0.25, 0.3) is 0 Å². The maximum absolute atomic E-state index is 2.39. The predicted molar refractivity (Wildman–Crippen MR) is 177 cm³/mol. The first-order valence-corrected chi connectivity index (χ1v) is 14.9. The summed E-state index contributed by atoms with van der Waals surface area (Å²) in [7, 11) is 0. The number of benzene rings is 5. The van der Waals surface area contributed by atoms with Crippen molar-refractivity contribution in [3.63, 3.8) is 0 Å². The van der Waals surface area contributed by atoms with E-state index in [2.05, 4.69) is 145 Å². The Kier molecular flexibility index (Phi) is 6.86. The van der Waals surface area contributed by atoms with Crippen molar-refractivity contribution < 1.29 is 0 Å². The number of hydrogen-bond acceptors (Lipinski definition) is 1. The van der Waals surface area contributed by atoms with Crippen LogP contribution < -0.4 is 4.90 Å². The molecule has 0 heterocycles. The first-order chi connectivity index (χ1) is 20.2. The third-order valence-electron chi connectivity index (χ3n) is 8.48. The maximum Gasteiger partial charge on any atom is 0.0546 e. The summed E-state index contributed by atoms with van der Waals surface area (Å²) in [5.74, 6) is 0. The van der Waals surface area contributed by atoms with E-state index in [1.54, 1.807) is 5.57 Å². The molecule has 7 rings (SSSR count). The van der Waals surface area contributed by atoms with Gasteiger partial charge in [-0.3, -0.25) is 0 Å². The largest absolute Gasteiger partial charge is 0.310 e. The van der Waals surface area contributed by atoms with E-state index in [9.17, 15) is 0 Å². The van der Waals surface area contributed by atoms with E-state index in [0.29, 0.717) is 0 Å². The molecule has 1 fully saturated rings. The second-order valence-electron chi connectivity index (χ2n) is 11.4. The zero-order valence-corrected chi connectivity index (χ0v) is 23.7. The summed E-state index contributed by atoms with van der Waals surface area (Å²) in [6.07, 6.45) is 13.4. The van der Waals surface area contributed by atoms with Crippen LogP contribution in [-0.2, 0) is 0 Å². The Morgan fingerprint density at radius 3 is 1.76 bits per heavy atom. The van der Waals surface area contributed by atoms with Crippen molar-refractivity contribution in [2.75, 3.05) is 4.90 Å². The summed E-state index contributed by atoms with van der Waals surface area (Å²) in [6, 6.07) is 42.1. The molecule has 0 spiro atoms. The predicted octanol–water partition coefficient (Wildman–Crippen LogP) is 11.6. The lowest BCUT2D eigenvalue weighted by atomic mass is 9.79. The highest BCUT2D eigenvalue weighted by Gasteiger charge is 2.28. The molecule has 2 aliphatic carbocycles. The molecule has 1 nitrogen and oxygen atoms in total. The van der Waals surface area contributed by atoms with Crippen molar-refractivity contribution in [3.8, 4) is 22.3 Å². The van der Waals surface area contributed by atoms with E-state index < -0.39 is 0 Å². The average molecular weight is 530 g/mol. The van der Waals surface area contributed by atoms with Gasteiger partial charge in [0, 0.05) is 16.9 Å². The molecule has 0 amide bonds. The van der Waals surface area contributed by atoms with Crippen molar-refractivity contribution in [2.24, 2.45) is 0 Å². The van der Waals surface area contributed by atoms with Gasteiger partial charge in [-0.15, -0.1) is 0 Å². The minimum atomic E-state index is 1.16. The van der Waals surface area contributed by atoms with Crippen LogP contribution in [0.1, 0.15) is 54.4 Å². The fraction of sp³-hybridized carbons (Fsp3) is 0.150. The Balaban J connectivity index is 1.16. The van der Waals surface area contributed by atoms with E-state index in [-0.39, 0.29) is 0 Å². The molecule has 0 unspecified atom stereocenters. The van der Waals surface area contributed by atoms with Crippen molar-refractivity contribution >= 4 is 35.3 Å². The zero-order chi connectivity index (χ0) is 27.6. The number of aryl methyl sites for hydroxylation is 1. The second kappa shape index (κ2) is 11.1. The monoisotopic (exact) mass is 529 g/mol. The van der Waals surface area contributed by atoms with Gasteiger partial charge in [-0.1, -0.05) is 121 Å². The van der Waals surface area contributed by atoms with Gasteiger partial charge >= 0.3 is 0 Å². The molecule has 0 bridgehead atoms. The van der Waals surface area contributed by atoms with Gasteiger partial charge in [0.2, 0.25) is 0 Å². The molecule has 0 aromatic heterocycles. The minimum Gasteiger partial charge on any atom is -0.310 e. The van der Waals surface area contributed by atoms with Crippen molar-refractivity contribution in [2.45, 2.75) is 39.0 Å². The molecule has 41 heavy (non-hydrogen) atoms. The van der Waals surface area contributed by atoms with Crippen LogP contribution in [0.15, 0.2) is 121 Å². The minimum absolute atomic E-state index is 1.16. The summed E-state index contributed by atoms with van der Waals surface area (Å²) in [5.41, 5.74) is 15.5. The van der Waals surface area contributed by atoms with Crippen LogP contribution in [0.5, 0.6) is 0 Å². The first kappa shape index (κ1) is 25.4. The molecule has 200 valence electrons. The molecule has 1 heteroatoms. The quantitative estimate of drug-likeness (QED) is 0.194. The smallest absolute Gasteiger partial charge is 0.0546 e. The fourth-order valence-electron chi connectivity index (χ4n) is 6.24. The van der Waals surface area contributed by atoms with Gasteiger partial charge < -0.3 is 4.90 Å². The summed E-state index contributed by atoms with van der Waals surface area (Å²) in [5, 5.41) is 0. The number of hydrogen-bond donors (Lipinski definition) is 0. The lowest BCUT2D eigenvalue weighted by Gasteiger charge is -2.33. The van der Waals surface area contributed by atoms with Crippen LogP contribution in [-0.4, -0.2) is 0 Å². The lowest BCUT2D eigenvalue weighted by molar-refractivity contribution is 0.602. The molecular formula is C40H35N. The zero-order valence-electron chi connectivity index (χ0n) is 23.7. The van der Waals surface area contributed by atoms with Crippen molar-refractivity contribution in [3.05, 3.63) is 143 Å². The van der Waals surface area contributed by atoms with E-state index in [1.807, 2.05) is 0 Å². The van der Waals surface area contributed by atoms with E-state index in [1.165, 1.54) is 88.0 Å². The highest BCUT2D eigenvalue weighted by Crippen LogP contribution is 2.53. The second-order valence-corrected chi connectivity index (χ2v) is 11.4. The molecular weight excluding hydrogens is 494 g/mol. The SMILES string of the molecule is Cc1ccc(N(c2ccc(C=Cc3ccc(C=C4CCCCC4)cc3)cc2)c2cccc3c2-c2ccccc2-3)cc1. The number of anilines is 3. The number of fused-ring (bicyclic) bond motifs is 4. The van der Waals surface area contributed by atoms with E-state index in [4.69, 9.17) is 0 Å². The van der Waals surface area contributed by atoms with Gasteiger partial charge in [0.15, 0.2) is 0 Å². The van der Waals surface area contributed by atoms with Crippen LogP contribution in [0.3, 0.4) is 0 Å². The summed E-state index contributed by atoms with van der Waals surface area (Å²) >= 11 is 0.